The van der Waals surface area contributed by atoms with Gasteiger partial charge in [0.2, 0.25) is 5.91 Å². The molecule has 9 nitrogen and oxygen atoms in total. The Morgan fingerprint density at radius 1 is 1.02 bits per heavy atom. The first-order valence-electron chi connectivity index (χ1n) is 14.6. The summed E-state index contributed by atoms with van der Waals surface area (Å²) >= 11 is 0. The Hall–Kier alpha value is -4.19. The lowest BCUT2D eigenvalue weighted by molar-refractivity contribution is -0.137. The molecule has 0 spiro atoms. The Morgan fingerprint density at radius 3 is 2.52 bits per heavy atom. The molecule has 12 heteroatoms. The van der Waals surface area contributed by atoms with Crippen molar-refractivity contribution < 1.29 is 32.6 Å². The molecule has 234 valence electrons. The van der Waals surface area contributed by atoms with Crippen molar-refractivity contribution in [3.8, 4) is 11.3 Å². The number of anilines is 3. The molecule has 0 radical (unpaired) electrons. The van der Waals surface area contributed by atoms with Crippen molar-refractivity contribution in [2.75, 3.05) is 10.6 Å². The Kier molecular flexibility index (Phi) is 8.57. The number of amides is 2. The van der Waals surface area contributed by atoms with Gasteiger partial charge >= 0.3 is 12.3 Å². The molecule has 44 heavy (non-hydrogen) atoms. The zero-order valence-electron chi connectivity index (χ0n) is 25.0. The summed E-state index contributed by atoms with van der Waals surface area (Å²) in [5, 5.41) is 16.1. The van der Waals surface area contributed by atoms with Crippen molar-refractivity contribution in [1.82, 2.24) is 14.9 Å². The lowest BCUT2D eigenvalue weighted by atomic mass is 9.88. The fourth-order valence-corrected chi connectivity index (χ4v) is 5.72. The van der Waals surface area contributed by atoms with Gasteiger partial charge in [0.05, 0.1) is 23.0 Å². The lowest BCUT2D eigenvalue weighted by Gasteiger charge is -2.31. The fourth-order valence-electron chi connectivity index (χ4n) is 5.72. The van der Waals surface area contributed by atoms with Crippen LogP contribution in [0, 0.1) is 0 Å². The molecule has 5 rings (SSSR count). The van der Waals surface area contributed by atoms with E-state index in [-0.39, 0.29) is 23.0 Å². The van der Waals surface area contributed by atoms with Crippen molar-refractivity contribution in [3.05, 3.63) is 65.5 Å². The minimum Gasteiger partial charge on any atom is -0.444 e. The number of hydrogen-bond donors (Lipinski definition) is 3. The molecule has 3 atom stereocenters. The van der Waals surface area contributed by atoms with Gasteiger partial charge in [-0.05, 0) is 82.7 Å². The Morgan fingerprint density at radius 2 is 1.80 bits per heavy atom. The minimum absolute atomic E-state index is 0.0987. The number of carbonyl (C=O) groups excluding carboxylic acids is 2. The van der Waals surface area contributed by atoms with E-state index in [1.165, 1.54) is 17.3 Å². The first kappa shape index (κ1) is 31.2. The van der Waals surface area contributed by atoms with Gasteiger partial charge in [-0.15, -0.1) is 0 Å². The second-order valence-electron chi connectivity index (χ2n) is 12.3. The maximum Gasteiger partial charge on any atom is 0.416 e. The SMILES string of the molecule is CC1CC[C@@H](C(=O)Nc2cc(C(F)(F)F)ccc2-c2cc(Nc3cccc4c3CC(O)CC4)ncn2)N1C(=O)OC(C)(C)C. The maximum absolute atomic E-state index is 13.8. The molecule has 2 aliphatic rings. The summed E-state index contributed by atoms with van der Waals surface area (Å²) < 4.78 is 46.8. The van der Waals surface area contributed by atoms with E-state index in [9.17, 15) is 27.9 Å². The van der Waals surface area contributed by atoms with Crippen molar-refractivity contribution in [1.29, 1.82) is 0 Å². The van der Waals surface area contributed by atoms with E-state index in [1.54, 1.807) is 33.8 Å². The highest BCUT2D eigenvalue weighted by Gasteiger charge is 2.41. The molecule has 1 fully saturated rings. The average Bonchev–Trinajstić information content (AvgIpc) is 3.34. The predicted molar refractivity (Wildman–Crippen MR) is 159 cm³/mol. The second-order valence-corrected chi connectivity index (χ2v) is 12.3. The van der Waals surface area contributed by atoms with Crippen molar-refractivity contribution in [2.24, 2.45) is 0 Å². The summed E-state index contributed by atoms with van der Waals surface area (Å²) in [5.74, 6) is -0.232. The molecule has 3 N–H and O–H groups in total. The molecule has 1 saturated heterocycles. The summed E-state index contributed by atoms with van der Waals surface area (Å²) in [6, 6.07) is 9.23. The summed E-state index contributed by atoms with van der Waals surface area (Å²) in [6.45, 7) is 6.95. The van der Waals surface area contributed by atoms with Gasteiger partial charge in [-0.3, -0.25) is 9.69 Å². The number of aryl methyl sites for hydroxylation is 1. The molecule has 0 bridgehead atoms. The highest BCUT2D eigenvalue weighted by atomic mass is 19.4. The first-order valence-corrected chi connectivity index (χ1v) is 14.6. The zero-order chi connectivity index (χ0) is 31.8. The number of aliphatic hydroxyl groups is 1. The molecular formula is C32H36F3N5O4. The highest BCUT2D eigenvalue weighted by molar-refractivity contribution is 6.00. The van der Waals surface area contributed by atoms with E-state index in [1.807, 2.05) is 18.2 Å². The third-order valence-electron chi connectivity index (χ3n) is 7.85. The molecule has 2 unspecified atom stereocenters. The van der Waals surface area contributed by atoms with Gasteiger partial charge in [-0.2, -0.15) is 13.2 Å². The molecule has 0 saturated carbocycles. The van der Waals surface area contributed by atoms with Gasteiger partial charge in [-0.1, -0.05) is 18.2 Å². The van der Waals surface area contributed by atoms with E-state index in [2.05, 4.69) is 20.6 Å². The van der Waals surface area contributed by atoms with Crippen LogP contribution in [0.3, 0.4) is 0 Å². The van der Waals surface area contributed by atoms with Crippen LogP contribution >= 0.6 is 0 Å². The quantitative estimate of drug-likeness (QED) is 0.302. The first-order chi connectivity index (χ1) is 20.7. The lowest BCUT2D eigenvalue weighted by Crippen LogP contribution is -2.48. The summed E-state index contributed by atoms with van der Waals surface area (Å²) in [6.07, 6.45) is -1.68. The summed E-state index contributed by atoms with van der Waals surface area (Å²) in [4.78, 5) is 36.4. The number of aromatic nitrogens is 2. The van der Waals surface area contributed by atoms with Gasteiger partial charge < -0.3 is 20.5 Å². The number of fused-ring (bicyclic) bond motifs is 1. The standard InChI is InChI=1S/C32H36F3N5O4/c1-18-8-13-27(40(18)30(43)44-31(2,3)4)29(42)39-26-14-20(32(33,34)35)10-12-22(26)25-16-28(37-17-36-25)38-24-7-5-6-19-9-11-21(41)15-23(19)24/h5-7,10,12,14,16-18,21,27,41H,8-9,11,13,15H2,1-4H3,(H,39,42)(H,36,37,38)/t18?,21?,27-/m0/s1. The molecule has 2 amide bonds. The number of alkyl halides is 3. The largest absolute Gasteiger partial charge is 0.444 e. The normalized spacial score (nSPS) is 20.2. The van der Waals surface area contributed by atoms with Crippen LogP contribution in [0.15, 0.2) is 48.8 Å². The molecular weight excluding hydrogens is 575 g/mol. The maximum atomic E-state index is 13.8. The minimum atomic E-state index is -4.65. The van der Waals surface area contributed by atoms with Crippen LogP contribution in [0.4, 0.5) is 35.2 Å². The summed E-state index contributed by atoms with van der Waals surface area (Å²) in [7, 11) is 0. The molecule has 1 aromatic heterocycles. The number of nitrogens with one attached hydrogen (secondary N) is 2. The number of benzene rings is 2. The molecule has 1 aliphatic heterocycles. The van der Waals surface area contributed by atoms with E-state index < -0.39 is 41.5 Å². The Labute approximate surface area is 253 Å². The van der Waals surface area contributed by atoms with Gasteiger partial charge in [0.1, 0.15) is 23.8 Å². The van der Waals surface area contributed by atoms with Gasteiger partial charge in [0, 0.05) is 29.8 Å². The Balaban J connectivity index is 1.45. The van der Waals surface area contributed by atoms with Crippen molar-refractivity contribution in [2.45, 2.75) is 89.8 Å². The van der Waals surface area contributed by atoms with Crippen LogP contribution < -0.4 is 10.6 Å². The van der Waals surface area contributed by atoms with Crippen LogP contribution in [0.2, 0.25) is 0 Å². The van der Waals surface area contributed by atoms with Crippen molar-refractivity contribution in [3.63, 3.8) is 0 Å². The van der Waals surface area contributed by atoms with Gasteiger partial charge in [0.25, 0.3) is 0 Å². The second kappa shape index (κ2) is 12.1. The number of likely N-dealkylation sites (tertiary alicyclic amines) is 1. The number of halogens is 3. The van der Waals surface area contributed by atoms with Crippen LogP contribution in [0.25, 0.3) is 11.3 Å². The number of carbonyl (C=O) groups is 2. The topological polar surface area (TPSA) is 117 Å². The molecule has 2 aromatic carbocycles. The van der Waals surface area contributed by atoms with Crippen LogP contribution in [-0.4, -0.2) is 55.8 Å². The van der Waals surface area contributed by atoms with Gasteiger partial charge in [0.15, 0.2) is 0 Å². The van der Waals surface area contributed by atoms with Crippen molar-refractivity contribution >= 4 is 29.2 Å². The third-order valence-corrected chi connectivity index (χ3v) is 7.85. The monoisotopic (exact) mass is 611 g/mol. The number of hydrogen-bond acceptors (Lipinski definition) is 7. The van der Waals surface area contributed by atoms with E-state index in [0.29, 0.717) is 31.5 Å². The average molecular weight is 612 g/mol. The number of aliphatic hydroxyl groups excluding tert-OH is 1. The molecule has 3 aromatic rings. The van der Waals surface area contributed by atoms with E-state index in [4.69, 9.17) is 4.74 Å². The number of nitrogens with zero attached hydrogens (tertiary/aromatic N) is 3. The molecule has 2 heterocycles. The number of ether oxygens (including phenoxy) is 1. The predicted octanol–water partition coefficient (Wildman–Crippen LogP) is 6.48. The van der Waals surface area contributed by atoms with E-state index >= 15 is 0 Å². The third kappa shape index (κ3) is 6.96. The Bertz CT molecular complexity index is 1560. The highest BCUT2D eigenvalue weighted by Crippen LogP contribution is 2.37. The summed E-state index contributed by atoms with van der Waals surface area (Å²) in [5.41, 5.74) is 1.58. The van der Waals surface area contributed by atoms with Crippen LogP contribution in [0.5, 0.6) is 0 Å². The van der Waals surface area contributed by atoms with Gasteiger partial charge in [-0.25, -0.2) is 14.8 Å². The van der Waals surface area contributed by atoms with Crippen LogP contribution in [0.1, 0.15) is 63.6 Å². The number of rotatable bonds is 5. The smallest absolute Gasteiger partial charge is 0.416 e. The van der Waals surface area contributed by atoms with E-state index in [0.717, 1.165) is 35.4 Å². The fraction of sp³-hybridized carbons (Fsp3) is 0.438. The molecule has 1 aliphatic carbocycles. The van der Waals surface area contributed by atoms with Crippen LogP contribution in [-0.2, 0) is 28.5 Å². The zero-order valence-corrected chi connectivity index (χ0v) is 25.0.